The Balaban J connectivity index is 0.000000752. The van der Waals surface area contributed by atoms with E-state index in [-0.39, 0.29) is 20.9 Å². The predicted molar refractivity (Wildman–Crippen MR) is 115 cm³/mol. The Labute approximate surface area is 185 Å². The molecule has 0 aromatic heterocycles. The number of carbonyl (C=O) groups excluding carboxylic acids is 2. The second-order valence-corrected chi connectivity index (χ2v) is 11.4. The van der Waals surface area contributed by atoms with Crippen LogP contribution in [-0.2, 0) is 9.84 Å². The summed E-state index contributed by atoms with van der Waals surface area (Å²) in [6.07, 6.45) is 0. The molecule has 0 aliphatic rings. The number of aromatic carboxylic acids is 2. The van der Waals surface area contributed by atoms with Crippen LogP contribution in [0.1, 0.15) is 20.7 Å². The molecule has 2 rings (SSSR count). The Bertz CT molecular complexity index is 881. The highest BCUT2D eigenvalue weighted by Gasteiger charge is 2.17. The average molecular weight is 453 g/mol. The summed E-state index contributed by atoms with van der Waals surface area (Å²) in [7, 11) is 13.1. The molecule has 8 nitrogen and oxygen atoms in total. The molecular weight excluding hydrogens is 420 g/mol. The quantitative estimate of drug-likeness (QED) is 0.598. The van der Waals surface area contributed by atoms with Crippen molar-refractivity contribution in [3.63, 3.8) is 0 Å². The van der Waals surface area contributed by atoms with E-state index < -0.39 is 21.8 Å². The van der Waals surface area contributed by atoms with Crippen molar-refractivity contribution in [2.75, 3.05) is 56.4 Å². The smallest absolute Gasteiger partial charge is 0.206 e. The summed E-state index contributed by atoms with van der Waals surface area (Å²) in [5, 5.41) is 21.2. The van der Waals surface area contributed by atoms with Crippen molar-refractivity contribution in [2.24, 2.45) is 0 Å². The van der Waals surface area contributed by atoms with Gasteiger partial charge in [-0.2, -0.15) is 0 Å². The zero-order valence-corrected chi connectivity index (χ0v) is 20.2. The Hall–Kier alpha value is -2.75. The minimum Gasteiger partial charge on any atom is -0.545 e. The van der Waals surface area contributed by atoms with Gasteiger partial charge >= 0.3 is 0 Å². The number of hydrogen-bond donors (Lipinski definition) is 0. The summed E-state index contributed by atoms with van der Waals surface area (Å²) >= 11 is 0. The number of carboxylic acids is 2. The minimum absolute atomic E-state index is 0.103. The van der Waals surface area contributed by atoms with Crippen LogP contribution in [0.5, 0.6) is 0 Å². The van der Waals surface area contributed by atoms with Crippen LogP contribution >= 0.6 is 0 Å². The lowest BCUT2D eigenvalue weighted by Gasteiger charge is -2.14. The van der Waals surface area contributed by atoms with Gasteiger partial charge in [0.15, 0.2) is 0 Å². The standard InChI is InChI=1S/C14H10O6S.2C4H12N/c15-13(16)9-1-5-11(6-2-9)21(19,20)12-7-3-10(4-8-12)14(17)18;2*1-5(2,3)4/h1-8H,(H,15,16)(H,17,18);2*1-4H3/q;2*+1/p-2. The maximum absolute atomic E-state index is 12.3. The number of hydrogen-bond acceptors (Lipinski definition) is 6. The molecule has 0 aliphatic carbocycles. The fraction of sp³-hybridized carbons (Fsp3) is 0.364. The topological polar surface area (TPSA) is 114 Å². The first-order valence-electron chi connectivity index (χ1n) is 9.28. The van der Waals surface area contributed by atoms with E-state index in [2.05, 4.69) is 56.4 Å². The minimum atomic E-state index is -3.85. The van der Waals surface area contributed by atoms with Crippen LogP contribution in [0, 0.1) is 0 Å². The second-order valence-electron chi connectivity index (χ2n) is 9.49. The van der Waals surface area contributed by atoms with Gasteiger partial charge in [-0.3, -0.25) is 0 Å². The van der Waals surface area contributed by atoms with E-state index in [9.17, 15) is 28.2 Å². The molecule has 0 bridgehead atoms. The van der Waals surface area contributed by atoms with Crippen LogP contribution < -0.4 is 10.2 Å². The van der Waals surface area contributed by atoms with Crippen molar-refractivity contribution in [2.45, 2.75) is 9.79 Å². The molecule has 0 heterocycles. The van der Waals surface area contributed by atoms with Gasteiger partial charge in [0.05, 0.1) is 78.1 Å². The summed E-state index contributed by atoms with van der Waals surface area (Å²) in [5.74, 6) is -2.81. The van der Waals surface area contributed by atoms with Crippen LogP contribution in [0.25, 0.3) is 0 Å². The van der Waals surface area contributed by atoms with E-state index in [1.807, 2.05) is 0 Å². The molecule has 0 radical (unpaired) electrons. The van der Waals surface area contributed by atoms with Gasteiger partial charge in [-0.15, -0.1) is 0 Å². The van der Waals surface area contributed by atoms with Crippen molar-refractivity contribution in [1.82, 2.24) is 0 Å². The summed E-state index contributed by atoms with van der Waals surface area (Å²) in [4.78, 5) is 21.0. The molecule has 0 N–H and O–H groups in total. The molecule has 0 aliphatic heterocycles. The zero-order chi connectivity index (χ0) is 24.6. The number of carboxylic acid groups (broad SMARTS) is 2. The lowest BCUT2D eigenvalue weighted by molar-refractivity contribution is -0.849. The van der Waals surface area contributed by atoms with E-state index in [1.54, 1.807) is 0 Å². The van der Waals surface area contributed by atoms with Crippen LogP contribution in [0.2, 0.25) is 0 Å². The zero-order valence-electron chi connectivity index (χ0n) is 19.4. The Morgan fingerprint density at radius 3 is 0.935 bits per heavy atom. The van der Waals surface area contributed by atoms with Crippen molar-refractivity contribution in [3.8, 4) is 0 Å². The molecule has 2 aromatic rings. The molecule has 172 valence electrons. The first-order chi connectivity index (χ1) is 13.8. The normalized spacial score (nSPS) is 11.4. The lowest BCUT2D eigenvalue weighted by atomic mass is 10.2. The Morgan fingerprint density at radius 2 is 0.774 bits per heavy atom. The molecule has 0 amide bonds. The highest BCUT2D eigenvalue weighted by molar-refractivity contribution is 7.91. The molecule has 0 atom stereocenters. The molecule has 9 heteroatoms. The molecule has 0 saturated heterocycles. The number of nitrogens with zero attached hydrogens (tertiary/aromatic N) is 2. The van der Waals surface area contributed by atoms with Gasteiger partial charge in [0.1, 0.15) is 0 Å². The highest BCUT2D eigenvalue weighted by Crippen LogP contribution is 2.21. The molecule has 0 spiro atoms. The third-order valence-corrected chi connectivity index (χ3v) is 4.59. The number of rotatable bonds is 4. The first kappa shape index (κ1) is 28.2. The van der Waals surface area contributed by atoms with Crippen molar-refractivity contribution in [1.29, 1.82) is 0 Å². The van der Waals surface area contributed by atoms with Gasteiger partial charge in [0.2, 0.25) is 9.84 Å². The average Bonchev–Trinajstić information content (AvgIpc) is 2.59. The summed E-state index contributed by atoms with van der Waals surface area (Å²) in [6, 6.07) is 9.07. The Morgan fingerprint density at radius 1 is 0.581 bits per heavy atom. The van der Waals surface area contributed by atoms with Gasteiger partial charge in [-0.25, -0.2) is 8.42 Å². The van der Waals surface area contributed by atoms with Crippen molar-refractivity contribution in [3.05, 3.63) is 59.7 Å². The maximum Gasteiger partial charge on any atom is 0.206 e. The molecule has 0 saturated carbocycles. The van der Waals surface area contributed by atoms with Crippen LogP contribution in [0.3, 0.4) is 0 Å². The number of carbonyl (C=O) groups is 2. The monoisotopic (exact) mass is 452 g/mol. The summed E-state index contributed by atoms with van der Waals surface area (Å²) < 4.78 is 26.5. The highest BCUT2D eigenvalue weighted by atomic mass is 32.2. The van der Waals surface area contributed by atoms with Gasteiger partial charge in [0.25, 0.3) is 0 Å². The fourth-order valence-corrected chi connectivity index (χ4v) is 2.94. The van der Waals surface area contributed by atoms with Crippen molar-refractivity contribution >= 4 is 21.8 Å². The lowest BCUT2D eigenvalue weighted by Crippen LogP contribution is -2.27. The Kier molecular flexibility index (Phi) is 10.1. The number of sulfone groups is 1. The van der Waals surface area contributed by atoms with Crippen LogP contribution in [0.15, 0.2) is 58.3 Å². The van der Waals surface area contributed by atoms with E-state index in [0.29, 0.717) is 0 Å². The second kappa shape index (κ2) is 11.0. The van der Waals surface area contributed by atoms with E-state index in [0.717, 1.165) is 57.5 Å². The third kappa shape index (κ3) is 12.5. The van der Waals surface area contributed by atoms with Gasteiger partial charge in [-0.05, 0) is 35.4 Å². The van der Waals surface area contributed by atoms with Gasteiger partial charge in [-0.1, -0.05) is 24.3 Å². The molecule has 2 aromatic carbocycles. The fourth-order valence-electron chi connectivity index (χ4n) is 1.68. The van der Waals surface area contributed by atoms with Crippen LogP contribution in [0.4, 0.5) is 0 Å². The van der Waals surface area contributed by atoms with E-state index >= 15 is 0 Å². The van der Waals surface area contributed by atoms with Gasteiger partial charge in [0, 0.05) is 0 Å². The summed E-state index contributed by atoms with van der Waals surface area (Å²) in [5.41, 5.74) is -0.275. The first-order valence-corrected chi connectivity index (χ1v) is 10.8. The predicted octanol–water partition coefficient (Wildman–Crippen LogP) is -0.109. The third-order valence-electron chi connectivity index (χ3n) is 2.80. The largest absolute Gasteiger partial charge is 0.545 e. The van der Waals surface area contributed by atoms with Crippen molar-refractivity contribution < 1.29 is 37.2 Å². The maximum atomic E-state index is 12.3. The molecule has 31 heavy (non-hydrogen) atoms. The number of benzene rings is 2. The number of quaternary nitrogens is 2. The molecular formula is C22H32N2O6S. The SMILES string of the molecule is C[N+](C)(C)C.C[N+](C)(C)C.O=C([O-])c1ccc(S(=O)(=O)c2ccc(C(=O)[O-])cc2)cc1. The van der Waals surface area contributed by atoms with E-state index in [1.165, 1.54) is 0 Å². The van der Waals surface area contributed by atoms with Crippen LogP contribution in [-0.4, -0.2) is 85.7 Å². The molecule has 0 fully saturated rings. The van der Waals surface area contributed by atoms with E-state index in [4.69, 9.17) is 0 Å². The van der Waals surface area contributed by atoms with Gasteiger partial charge < -0.3 is 28.8 Å². The molecule has 0 unspecified atom stereocenters. The summed E-state index contributed by atoms with van der Waals surface area (Å²) in [6.45, 7) is 0.